The van der Waals surface area contributed by atoms with Gasteiger partial charge in [0, 0.05) is 5.56 Å². The highest BCUT2D eigenvalue weighted by atomic mass is 19.2. The van der Waals surface area contributed by atoms with Gasteiger partial charge in [0.15, 0.2) is 23.3 Å². The lowest BCUT2D eigenvalue weighted by Gasteiger charge is -2.10. The Morgan fingerprint density at radius 2 is 1.43 bits per heavy atom. The summed E-state index contributed by atoms with van der Waals surface area (Å²) < 4.78 is 67.5. The summed E-state index contributed by atoms with van der Waals surface area (Å²) in [6, 6.07) is 6.20. The predicted octanol–water partition coefficient (Wildman–Crippen LogP) is 3.14. The molecular weight excluding hydrogens is 319 g/mol. The van der Waals surface area contributed by atoms with Crippen molar-refractivity contribution in [2.45, 2.75) is 6.54 Å². The summed E-state index contributed by atoms with van der Waals surface area (Å²) in [5.41, 5.74) is -1.40. The van der Waals surface area contributed by atoms with Crippen LogP contribution in [0.5, 0.6) is 0 Å². The van der Waals surface area contributed by atoms with E-state index in [0.29, 0.717) is 5.52 Å². The van der Waals surface area contributed by atoms with Gasteiger partial charge in [-0.25, -0.2) is 26.9 Å². The minimum absolute atomic E-state index is 0.166. The van der Waals surface area contributed by atoms with Crippen molar-refractivity contribution < 1.29 is 22.0 Å². The zero-order chi connectivity index (χ0) is 16.7. The maximum Gasteiger partial charge on any atom is 0.261 e. The number of para-hydroxylation sites is 1. The quantitative estimate of drug-likeness (QED) is 0.412. The largest absolute Gasteiger partial charge is 0.294 e. The molecule has 1 aromatic heterocycles. The monoisotopic (exact) mass is 326 g/mol. The van der Waals surface area contributed by atoms with Gasteiger partial charge in [0.05, 0.1) is 23.8 Å². The molecule has 0 aliphatic rings. The van der Waals surface area contributed by atoms with E-state index < -0.39 is 46.8 Å². The molecule has 3 nitrogen and oxygen atoms in total. The number of hydrogen-bond acceptors (Lipinski definition) is 2. The van der Waals surface area contributed by atoms with Crippen molar-refractivity contribution in [2.75, 3.05) is 0 Å². The molecule has 0 amide bonds. The standard InChI is InChI=1S/C15H7F5N2O/c16-10-8(11(17)13(19)14(20)12(10)18)5-22-6-21-9-4-2-1-3-7(9)15(22)23/h1-4,6H,5H2. The van der Waals surface area contributed by atoms with Gasteiger partial charge in [-0.05, 0) is 12.1 Å². The Morgan fingerprint density at radius 3 is 2.09 bits per heavy atom. The summed E-state index contributed by atoms with van der Waals surface area (Å²) in [6.07, 6.45) is 0.989. The lowest BCUT2D eigenvalue weighted by Crippen LogP contribution is -2.23. The van der Waals surface area contributed by atoms with Crippen molar-refractivity contribution in [3.8, 4) is 0 Å². The van der Waals surface area contributed by atoms with Gasteiger partial charge < -0.3 is 0 Å². The van der Waals surface area contributed by atoms with Gasteiger partial charge in [-0.1, -0.05) is 12.1 Å². The van der Waals surface area contributed by atoms with Gasteiger partial charge in [-0.15, -0.1) is 0 Å². The number of hydrogen-bond donors (Lipinski definition) is 0. The molecule has 8 heteroatoms. The second kappa shape index (κ2) is 5.45. The molecule has 0 aliphatic carbocycles. The molecule has 0 fully saturated rings. The molecule has 0 unspecified atom stereocenters. The molecule has 118 valence electrons. The molecule has 0 saturated carbocycles. The van der Waals surface area contributed by atoms with E-state index in [1.165, 1.54) is 6.07 Å². The third kappa shape index (κ3) is 2.36. The van der Waals surface area contributed by atoms with Gasteiger partial charge >= 0.3 is 0 Å². The van der Waals surface area contributed by atoms with Crippen LogP contribution in [-0.4, -0.2) is 9.55 Å². The smallest absolute Gasteiger partial charge is 0.261 e. The zero-order valence-electron chi connectivity index (χ0n) is 11.3. The minimum Gasteiger partial charge on any atom is -0.294 e. The Balaban J connectivity index is 2.17. The normalized spacial score (nSPS) is 11.2. The topological polar surface area (TPSA) is 34.9 Å². The van der Waals surface area contributed by atoms with Gasteiger partial charge in [0.2, 0.25) is 5.82 Å². The van der Waals surface area contributed by atoms with E-state index in [9.17, 15) is 26.7 Å². The summed E-state index contributed by atoms with van der Waals surface area (Å²) >= 11 is 0. The molecule has 3 rings (SSSR count). The van der Waals surface area contributed by atoms with E-state index in [4.69, 9.17) is 0 Å². The SMILES string of the molecule is O=c1c2ccccc2ncn1Cc1c(F)c(F)c(F)c(F)c1F. The lowest BCUT2D eigenvalue weighted by molar-refractivity contribution is 0.367. The van der Waals surface area contributed by atoms with E-state index in [2.05, 4.69) is 4.98 Å². The number of nitrogens with zero attached hydrogens (tertiary/aromatic N) is 2. The summed E-state index contributed by atoms with van der Waals surface area (Å²) in [5, 5.41) is 0.166. The first kappa shape index (κ1) is 15.1. The average molecular weight is 326 g/mol. The number of rotatable bonds is 2. The highest BCUT2D eigenvalue weighted by molar-refractivity contribution is 5.76. The molecule has 0 aliphatic heterocycles. The van der Waals surface area contributed by atoms with Crippen LogP contribution in [0, 0.1) is 29.1 Å². The first-order valence-corrected chi connectivity index (χ1v) is 6.36. The number of fused-ring (bicyclic) bond motifs is 1. The first-order valence-electron chi connectivity index (χ1n) is 6.36. The third-order valence-corrected chi connectivity index (χ3v) is 3.36. The second-order valence-corrected chi connectivity index (χ2v) is 4.74. The molecule has 0 spiro atoms. The Morgan fingerprint density at radius 1 is 0.870 bits per heavy atom. The van der Waals surface area contributed by atoms with Gasteiger partial charge in [-0.2, -0.15) is 0 Å². The van der Waals surface area contributed by atoms with Crippen molar-refractivity contribution in [2.24, 2.45) is 0 Å². The van der Waals surface area contributed by atoms with Crippen molar-refractivity contribution >= 4 is 10.9 Å². The zero-order valence-corrected chi connectivity index (χ0v) is 11.3. The fourth-order valence-corrected chi connectivity index (χ4v) is 2.18. The van der Waals surface area contributed by atoms with Crippen molar-refractivity contribution in [3.05, 3.63) is 75.6 Å². The lowest BCUT2D eigenvalue weighted by atomic mass is 10.1. The van der Waals surface area contributed by atoms with E-state index in [1.807, 2.05) is 0 Å². The van der Waals surface area contributed by atoms with E-state index in [0.717, 1.165) is 10.9 Å². The highest BCUT2D eigenvalue weighted by Gasteiger charge is 2.26. The van der Waals surface area contributed by atoms with Gasteiger partial charge in [0.25, 0.3) is 5.56 Å². The summed E-state index contributed by atoms with van der Waals surface area (Å²) in [4.78, 5) is 16.1. The Kier molecular flexibility index (Phi) is 3.59. The Bertz CT molecular complexity index is 954. The molecule has 0 saturated heterocycles. The minimum atomic E-state index is -2.24. The van der Waals surface area contributed by atoms with Crippen LogP contribution in [0.25, 0.3) is 10.9 Å². The summed E-state index contributed by atoms with van der Waals surface area (Å²) in [6.45, 7) is -0.831. The average Bonchev–Trinajstić information content (AvgIpc) is 2.57. The highest BCUT2D eigenvalue weighted by Crippen LogP contribution is 2.23. The van der Waals surface area contributed by atoms with Crippen molar-refractivity contribution in [3.63, 3.8) is 0 Å². The fourth-order valence-electron chi connectivity index (χ4n) is 2.18. The van der Waals surface area contributed by atoms with E-state index >= 15 is 0 Å². The molecule has 0 atom stereocenters. The summed E-state index contributed by atoms with van der Waals surface area (Å²) in [5.74, 6) is -10.3. The summed E-state index contributed by atoms with van der Waals surface area (Å²) in [7, 11) is 0. The molecular formula is C15H7F5N2O. The van der Waals surface area contributed by atoms with Crippen LogP contribution in [0.15, 0.2) is 35.4 Å². The number of benzene rings is 2. The predicted molar refractivity (Wildman–Crippen MR) is 71.3 cm³/mol. The number of aromatic nitrogens is 2. The van der Waals surface area contributed by atoms with Crippen LogP contribution < -0.4 is 5.56 Å². The first-order chi connectivity index (χ1) is 10.9. The Hall–Kier alpha value is -2.77. The van der Waals surface area contributed by atoms with Crippen LogP contribution in [0.3, 0.4) is 0 Å². The molecule has 2 aromatic carbocycles. The van der Waals surface area contributed by atoms with Crippen LogP contribution in [0.1, 0.15) is 5.56 Å². The molecule has 3 aromatic rings. The van der Waals surface area contributed by atoms with Crippen LogP contribution in [-0.2, 0) is 6.54 Å². The molecule has 0 N–H and O–H groups in total. The third-order valence-electron chi connectivity index (χ3n) is 3.36. The van der Waals surface area contributed by atoms with E-state index in [-0.39, 0.29) is 5.39 Å². The van der Waals surface area contributed by atoms with E-state index in [1.54, 1.807) is 18.2 Å². The Labute approximate surface area is 125 Å². The van der Waals surface area contributed by atoms with Gasteiger partial charge in [0.1, 0.15) is 0 Å². The van der Waals surface area contributed by atoms with Crippen LogP contribution in [0.2, 0.25) is 0 Å². The molecule has 1 heterocycles. The van der Waals surface area contributed by atoms with Crippen LogP contribution >= 0.6 is 0 Å². The van der Waals surface area contributed by atoms with Crippen molar-refractivity contribution in [1.82, 2.24) is 9.55 Å². The maximum atomic E-state index is 13.7. The van der Waals surface area contributed by atoms with Crippen molar-refractivity contribution in [1.29, 1.82) is 0 Å². The van der Waals surface area contributed by atoms with Gasteiger partial charge in [-0.3, -0.25) is 9.36 Å². The second-order valence-electron chi connectivity index (χ2n) is 4.74. The molecule has 23 heavy (non-hydrogen) atoms. The maximum absolute atomic E-state index is 13.7. The number of halogens is 5. The fraction of sp³-hybridized carbons (Fsp3) is 0.0667. The molecule has 0 bridgehead atoms. The molecule has 0 radical (unpaired) electrons. The van der Waals surface area contributed by atoms with Crippen LogP contribution in [0.4, 0.5) is 22.0 Å².